The van der Waals surface area contributed by atoms with Gasteiger partial charge < -0.3 is 20.9 Å². The van der Waals surface area contributed by atoms with E-state index >= 15 is 0 Å². The van der Waals surface area contributed by atoms with Crippen molar-refractivity contribution in [3.05, 3.63) is 65.2 Å². The number of H-pyrrole nitrogens is 4. The molecule has 0 fully saturated rings. The molecule has 0 amide bonds. The van der Waals surface area contributed by atoms with Gasteiger partial charge in [0, 0.05) is 12.1 Å². The number of aromatic nitrogens is 4. The average molecular weight is 311 g/mol. The molecule has 116 valence electrons. The van der Waals surface area contributed by atoms with Crippen LogP contribution < -0.4 is 28.6 Å². The Labute approximate surface area is 118 Å². The van der Waals surface area contributed by atoms with E-state index < -0.39 is 45.8 Å². The number of carbonyl (C=O) groups is 2. The fourth-order valence-electron chi connectivity index (χ4n) is 1.35. The van der Waals surface area contributed by atoms with Gasteiger partial charge in [-0.3, -0.25) is 19.6 Å². The van der Waals surface area contributed by atoms with Crippen molar-refractivity contribution in [2.75, 3.05) is 0 Å². The Bertz CT molecular complexity index is 813. The van der Waals surface area contributed by atoms with Crippen LogP contribution in [0.15, 0.2) is 31.3 Å². The van der Waals surface area contributed by atoms with Gasteiger partial charge in [0.1, 0.15) is 11.4 Å². The molecule has 0 aliphatic carbocycles. The van der Waals surface area contributed by atoms with Gasteiger partial charge >= 0.3 is 23.3 Å². The molecule has 0 aliphatic rings. The summed E-state index contributed by atoms with van der Waals surface area (Å²) in [6, 6.07) is 1.41. The summed E-state index contributed by atoms with van der Waals surface area (Å²) in [5.41, 5.74) is -4.81. The van der Waals surface area contributed by atoms with Crippen molar-refractivity contribution < 1.29 is 14.3 Å². The van der Waals surface area contributed by atoms with Crippen LogP contribution in [0.4, 0.5) is 0 Å². The summed E-state index contributed by atoms with van der Waals surface area (Å²) >= 11 is 0. The molecule has 0 saturated carbocycles. The Balaban J connectivity index is 0.00000242. The van der Waals surface area contributed by atoms with E-state index in [2.05, 4.69) is 4.74 Å². The second kappa shape index (κ2) is 6.27. The van der Waals surface area contributed by atoms with Gasteiger partial charge in [-0.25, -0.2) is 19.2 Å². The minimum Gasteiger partial charge on any atom is -0.383 e. The van der Waals surface area contributed by atoms with E-state index in [1.807, 2.05) is 19.9 Å². The molecule has 2 aromatic rings. The first-order chi connectivity index (χ1) is 9.85. The molecule has 0 aromatic carbocycles. The summed E-state index contributed by atoms with van der Waals surface area (Å²) in [5.74, 6) is -2.66. The minimum absolute atomic E-state index is 0. The SMILES string of the molecule is N.O=C(OC(=O)c1cc(=O)[nH]c(=O)[nH]1)c1cc(=O)[nH]c(=O)[nH]1. The second-order valence-corrected chi connectivity index (χ2v) is 3.68. The molecule has 0 atom stereocenters. The van der Waals surface area contributed by atoms with Crippen LogP contribution in [-0.4, -0.2) is 31.9 Å². The van der Waals surface area contributed by atoms with Crippen molar-refractivity contribution in [1.29, 1.82) is 0 Å². The molecule has 12 nitrogen and oxygen atoms in total. The second-order valence-electron chi connectivity index (χ2n) is 3.68. The number of hydrogen-bond acceptors (Lipinski definition) is 8. The van der Waals surface area contributed by atoms with Crippen LogP contribution in [0.25, 0.3) is 0 Å². The van der Waals surface area contributed by atoms with E-state index in [1.54, 1.807) is 0 Å². The van der Waals surface area contributed by atoms with Gasteiger partial charge in [-0.2, -0.15) is 0 Å². The van der Waals surface area contributed by atoms with Crippen LogP contribution in [0.3, 0.4) is 0 Å². The fraction of sp³-hybridized carbons (Fsp3) is 0. The number of carbonyl (C=O) groups excluding carboxylic acids is 2. The van der Waals surface area contributed by atoms with Gasteiger partial charge in [0.05, 0.1) is 0 Å². The van der Waals surface area contributed by atoms with E-state index in [9.17, 15) is 28.8 Å². The third kappa shape index (κ3) is 3.73. The summed E-state index contributed by atoms with van der Waals surface area (Å²) in [6.45, 7) is 0. The van der Waals surface area contributed by atoms with Crippen molar-refractivity contribution in [3.63, 3.8) is 0 Å². The highest BCUT2D eigenvalue weighted by Gasteiger charge is 2.17. The molecule has 2 rings (SSSR count). The molecule has 22 heavy (non-hydrogen) atoms. The standard InChI is InChI=1S/C10H6N4O7.H3N/c15-5-1-3(11-9(19)13-5)7(17)21-8(18)4-2-6(16)14-10(20)12-4;/h1-2H,(H2,11,13,15,19)(H2,12,14,16,20);1H3. The van der Waals surface area contributed by atoms with Crippen LogP contribution in [0, 0.1) is 0 Å². The monoisotopic (exact) mass is 311 g/mol. The number of nitrogens with one attached hydrogen (secondary N) is 4. The zero-order valence-corrected chi connectivity index (χ0v) is 10.7. The van der Waals surface area contributed by atoms with Crippen LogP contribution >= 0.6 is 0 Å². The fourth-order valence-corrected chi connectivity index (χ4v) is 1.35. The van der Waals surface area contributed by atoms with Gasteiger partial charge in [0.2, 0.25) is 0 Å². The maximum Gasteiger partial charge on any atom is 0.363 e. The molecule has 2 aromatic heterocycles. The van der Waals surface area contributed by atoms with Crippen LogP contribution in [0.1, 0.15) is 21.0 Å². The number of hydrogen-bond donors (Lipinski definition) is 5. The number of ether oxygens (including phenoxy) is 1. The molecular weight excluding hydrogens is 302 g/mol. The molecule has 0 unspecified atom stereocenters. The quantitative estimate of drug-likeness (QED) is 0.297. The van der Waals surface area contributed by atoms with E-state index in [0.29, 0.717) is 12.1 Å². The predicted molar refractivity (Wildman–Crippen MR) is 70.1 cm³/mol. The predicted octanol–water partition coefficient (Wildman–Crippen LogP) is -2.40. The molecule has 0 bridgehead atoms. The summed E-state index contributed by atoms with van der Waals surface area (Å²) in [4.78, 5) is 74.6. The Morgan fingerprint density at radius 2 is 1.09 bits per heavy atom. The first kappa shape index (κ1) is 16.5. The van der Waals surface area contributed by atoms with Gasteiger partial charge in [0.15, 0.2) is 0 Å². The Morgan fingerprint density at radius 1 is 0.727 bits per heavy atom. The zero-order chi connectivity index (χ0) is 15.6. The average Bonchev–Trinajstić information content (AvgIpc) is 2.36. The first-order valence-electron chi connectivity index (χ1n) is 5.29. The smallest absolute Gasteiger partial charge is 0.363 e. The Kier molecular flexibility index (Phi) is 4.71. The van der Waals surface area contributed by atoms with Crippen molar-refractivity contribution in [2.24, 2.45) is 0 Å². The summed E-state index contributed by atoms with van der Waals surface area (Å²) < 4.78 is 4.32. The lowest BCUT2D eigenvalue weighted by atomic mass is 10.4. The lowest BCUT2D eigenvalue weighted by molar-refractivity contribution is 0.0388. The number of aromatic amines is 4. The van der Waals surface area contributed by atoms with Crippen molar-refractivity contribution in [2.45, 2.75) is 0 Å². The normalized spacial score (nSPS) is 9.64. The Hall–Kier alpha value is -3.54. The number of rotatable bonds is 2. The van der Waals surface area contributed by atoms with E-state index in [1.165, 1.54) is 0 Å². The maximum atomic E-state index is 11.6. The summed E-state index contributed by atoms with van der Waals surface area (Å²) in [5, 5.41) is 0. The maximum absolute atomic E-state index is 11.6. The van der Waals surface area contributed by atoms with E-state index in [4.69, 9.17) is 0 Å². The van der Waals surface area contributed by atoms with Gasteiger partial charge in [-0.1, -0.05) is 0 Å². The molecule has 0 saturated heterocycles. The third-order valence-corrected chi connectivity index (χ3v) is 2.15. The highest BCUT2D eigenvalue weighted by atomic mass is 16.6. The first-order valence-corrected chi connectivity index (χ1v) is 5.29. The van der Waals surface area contributed by atoms with Crippen molar-refractivity contribution >= 4 is 11.9 Å². The lowest BCUT2D eigenvalue weighted by Crippen LogP contribution is -2.28. The highest BCUT2D eigenvalue weighted by Crippen LogP contribution is 1.97. The minimum atomic E-state index is -1.33. The van der Waals surface area contributed by atoms with Crippen LogP contribution in [-0.2, 0) is 4.74 Å². The molecule has 0 aliphatic heterocycles. The van der Waals surface area contributed by atoms with Crippen LogP contribution in [0.5, 0.6) is 0 Å². The van der Waals surface area contributed by atoms with Crippen molar-refractivity contribution in [3.8, 4) is 0 Å². The molecule has 2 heterocycles. The summed E-state index contributed by atoms with van der Waals surface area (Å²) in [7, 11) is 0. The summed E-state index contributed by atoms with van der Waals surface area (Å²) in [6.07, 6.45) is 0. The Morgan fingerprint density at radius 3 is 1.41 bits per heavy atom. The molecule has 12 heteroatoms. The van der Waals surface area contributed by atoms with Gasteiger partial charge in [-0.05, 0) is 0 Å². The largest absolute Gasteiger partial charge is 0.383 e. The lowest BCUT2D eigenvalue weighted by Gasteiger charge is -2.01. The van der Waals surface area contributed by atoms with Crippen molar-refractivity contribution in [1.82, 2.24) is 26.1 Å². The number of esters is 2. The van der Waals surface area contributed by atoms with Gasteiger partial charge in [0.25, 0.3) is 11.1 Å². The van der Waals surface area contributed by atoms with E-state index in [-0.39, 0.29) is 6.15 Å². The molecule has 0 radical (unpaired) electrons. The highest BCUT2D eigenvalue weighted by molar-refractivity contribution is 6.00. The molecular formula is C10H9N5O7. The topological polar surface area (TPSA) is 210 Å². The molecule has 0 spiro atoms. The van der Waals surface area contributed by atoms with E-state index in [0.717, 1.165) is 0 Å². The third-order valence-electron chi connectivity index (χ3n) is 2.15. The molecule has 7 N–H and O–H groups in total. The zero-order valence-electron chi connectivity index (χ0n) is 10.7. The van der Waals surface area contributed by atoms with Gasteiger partial charge in [-0.15, -0.1) is 0 Å². The van der Waals surface area contributed by atoms with Crippen LogP contribution in [0.2, 0.25) is 0 Å².